The third-order valence-corrected chi connectivity index (χ3v) is 3.92. The van der Waals surface area contributed by atoms with Crippen molar-refractivity contribution in [2.75, 3.05) is 7.11 Å². The van der Waals surface area contributed by atoms with Crippen LogP contribution in [0.15, 0.2) is 48.5 Å². The number of nitrogens with one attached hydrogen (secondary N) is 1. The molecule has 0 bridgehead atoms. The van der Waals surface area contributed by atoms with Crippen molar-refractivity contribution >= 4 is 0 Å². The van der Waals surface area contributed by atoms with Gasteiger partial charge in [-0.05, 0) is 43.5 Å². The number of hydrogen-bond donors (Lipinski definition) is 1. The SMILES string of the molecule is CCC(N[C@H](C)c1cccc(C)c1)c1ccc(OC)cc1. The van der Waals surface area contributed by atoms with Crippen molar-refractivity contribution < 1.29 is 4.74 Å². The number of rotatable bonds is 6. The third-order valence-electron chi connectivity index (χ3n) is 3.92. The Hall–Kier alpha value is -1.80. The molecule has 112 valence electrons. The number of benzene rings is 2. The Morgan fingerprint density at radius 1 is 1.05 bits per heavy atom. The summed E-state index contributed by atoms with van der Waals surface area (Å²) >= 11 is 0. The number of ether oxygens (including phenoxy) is 1. The summed E-state index contributed by atoms with van der Waals surface area (Å²) in [7, 11) is 1.70. The van der Waals surface area contributed by atoms with Crippen LogP contribution < -0.4 is 10.1 Å². The van der Waals surface area contributed by atoms with Crippen LogP contribution in [0.3, 0.4) is 0 Å². The van der Waals surface area contributed by atoms with Gasteiger partial charge in [-0.25, -0.2) is 0 Å². The average Bonchev–Trinajstić information content (AvgIpc) is 2.52. The normalized spacial score (nSPS) is 13.7. The van der Waals surface area contributed by atoms with E-state index >= 15 is 0 Å². The van der Waals surface area contributed by atoms with Crippen LogP contribution in [0.5, 0.6) is 5.75 Å². The van der Waals surface area contributed by atoms with Gasteiger partial charge in [-0.1, -0.05) is 48.9 Å². The Kier molecular flexibility index (Phi) is 5.40. The summed E-state index contributed by atoms with van der Waals surface area (Å²) in [6.45, 7) is 6.57. The van der Waals surface area contributed by atoms with Gasteiger partial charge in [0.1, 0.15) is 5.75 Å². The Balaban J connectivity index is 2.10. The maximum atomic E-state index is 5.23. The molecule has 0 heterocycles. The Bertz CT molecular complexity index is 562. The van der Waals surface area contributed by atoms with Crippen LogP contribution in [0.4, 0.5) is 0 Å². The van der Waals surface area contributed by atoms with E-state index in [1.54, 1.807) is 7.11 Å². The van der Waals surface area contributed by atoms with E-state index in [-0.39, 0.29) is 0 Å². The minimum atomic E-state index is 0.331. The molecule has 1 N–H and O–H groups in total. The first-order valence-electron chi connectivity index (χ1n) is 7.60. The van der Waals surface area contributed by atoms with Gasteiger partial charge in [0.25, 0.3) is 0 Å². The molecule has 0 saturated heterocycles. The van der Waals surface area contributed by atoms with Gasteiger partial charge in [-0.3, -0.25) is 0 Å². The second-order valence-electron chi connectivity index (χ2n) is 5.54. The smallest absolute Gasteiger partial charge is 0.118 e. The van der Waals surface area contributed by atoms with Crippen molar-refractivity contribution in [1.82, 2.24) is 5.32 Å². The van der Waals surface area contributed by atoms with Gasteiger partial charge in [0.05, 0.1) is 7.11 Å². The lowest BCUT2D eigenvalue weighted by atomic mass is 10.0. The summed E-state index contributed by atoms with van der Waals surface area (Å²) in [5.74, 6) is 0.903. The van der Waals surface area contributed by atoms with Crippen LogP contribution in [0.1, 0.15) is 49.0 Å². The Morgan fingerprint density at radius 2 is 1.76 bits per heavy atom. The standard InChI is InChI=1S/C19H25NO/c1-5-19(16-9-11-18(21-4)12-10-16)20-15(3)17-8-6-7-14(2)13-17/h6-13,15,19-20H,5H2,1-4H3/t15-,19?/m1/s1. The highest BCUT2D eigenvalue weighted by molar-refractivity contribution is 5.30. The topological polar surface area (TPSA) is 21.3 Å². The van der Waals surface area contributed by atoms with E-state index in [0.717, 1.165) is 12.2 Å². The molecule has 0 aliphatic carbocycles. The van der Waals surface area contributed by atoms with Crippen molar-refractivity contribution in [3.63, 3.8) is 0 Å². The van der Waals surface area contributed by atoms with E-state index in [1.165, 1.54) is 16.7 Å². The molecule has 1 unspecified atom stereocenters. The fraction of sp³-hybridized carbons (Fsp3) is 0.368. The van der Waals surface area contributed by atoms with Crippen LogP contribution in [0.25, 0.3) is 0 Å². The van der Waals surface area contributed by atoms with Gasteiger partial charge in [0, 0.05) is 12.1 Å². The van der Waals surface area contributed by atoms with Gasteiger partial charge in [-0.15, -0.1) is 0 Å². The molecule has 0 spiro atoms. The second kappa shape index (κ2) is 7.28. The van der Waals surface area contributed by atoms with Crippen LogP contribution in [0.2, 0.25) is 0 Å². The van der Waals surface area contributed by atoms with Crippen LogP contribution in [0, 0.1) is 6.92 Å². The van der Waals surface area contributed by atoms with Crippen LogP contribution in [-0.2, 0) is 0 Å². The summed E-state index contributed by atoms with van der Waals surface area (Å²) in [5.41, 5.74) is 3.94. The van der Waals surface area contributed by atoms with Gasteiger partial charge in [0.2, 0.25) is 0 Å². The van der Waals surface area contributed by atoms with E-state index in [0.29, 0.717) is 12.1 Å². The van der Waals surface area contributed by atoms with Crippen molar-refractivity contribution in [2.24, 2.45) is 0 Å². The second-order valence-corrected chi connectivity index (χ2v) is 5.54. The molecule has 0 radical (unpaired) electrons. The minimum absolute atomic E-state index is 0.331. The lowest BCUT2D eigenvalue weighted by Gasteiger charge is -2.23. The monoisotopic (exact) mass is 283 g/mol. The first-order valence-corrected chi connectivity index (χ1v) is 7.60. The van der Waals surface area contributed by atoms with E-state index in [4.69, 9.17) is 4.74 Å². The lowest BCUT2D eigenvalue weighted by Crippen LogP contribution is -2.24. The summed E-state index contributed by atoms with van der Waals surface area (Å²) < 4.78 is 5.23. The zero-order valence-corrected chi connectivity index (χ0v) is 13.4. The lowest BCUT2D eigenvalue weighted by molar-refractivity contribution is 0.413. The number of aryl methyl sites for hydroxylation is 1. The first-order chi connectivity index (χ1) is 10.1. The molecule has 2 aromatic rings. The maximum Gasteiger partial charge on any atom is 0.118 e. The summed E-state index contributed by atoms with van der Waals surface area (Å²) in [5, 5.41) is 3.72. The Morgan fingerprint density at radius 3 is 2.33 bits per heavy atom. The average molecular weight is 283 g/mol. The predicted molar refractivity (Wildman–Crippen MR) is 88.8 cm³/mol. The zero-order chi connectivity index (χ0) is 15.2. The van der Waals surface area contributed by atoms with E-state index in [1.807, 2.05) is 12.1 Å². The first kappa shape index (κ1) is 15.6. The molecule has 2 heteroatoms. The highest BCUT2D eigenvalue weighted by atomic mass is 16.5. The molecule has 0 saturated carbocycles. The minimum Gasteiger partial charge on any atom is -0.497 e. The van der Waals surface area contributed by atoms with Crippen molar-refractivity contribution in [1.29, 1.82) is 0 Å². The molecular weight excluding hydrogens is 258 g/mol. The third kappa shape index (κ3) is 4.08. The van der Waals surface area contributed by atoms with E-state index in [9.17, 15) is 0 Å². The van der Waals surface area contributed by atoms with Gasteiger partial charge in [0.15, 0.2) is 0 Å². The quantitative estimate of drug-likeness (QED) is 0.821. The molecule has 2 aromatic carbocycles. The summed E-state index contributed by atoms with van der Waals surface area (Å²) in [4.78, 5) is 0. The van der Waals surface area contributed by atoms with Crippen LogP contribution >= 0.6 is 0 Å². The van der Waals surface area contributed by atoms with Gasteiger partial charge in [-0.2, -0.15) is 0 Å². The molecule has 0 aromatic heterocycles. The number of methoxy groups -OCH3 is 1. The van der Waals surface area contributed by atoms with Gasteiger partial charge >= 0.3 is 0 Å². The van der Waals surface area contributed by atoms with E-state index in [2.05, 4.69) is 62.5 Å². The van der Waals surface area contributed by atoms with Crippen molar-refractivity contribution in [3.05, 3.63) is 65.2 Å². The molecule has 21 heavy (non-hydrogen) atoms. The number of hydrogen-bond acceptors (Lipinski definition) is 2. The van der Waals surface area contributed by atoms with Crippen molar-refractivity contribution in [3.8, 4) is 5.75 Å². The molecule has 0 amide bonds. The largest absolute Gasteiger partial charge is 0.497 e. The highest BCUT2D eigenvalue weighted by Crippen LogP contribution is 2.24. The molecule has 0 aliphatic heterocycles. The van der Waals surface area contributed by atoms with Crippen molar-refractivity contribution in [2.45, 2.75) is 39.3 Å². The molecule has 2 nitrogen and oxygen atoms in total. The predicted octanol–water partition coefficient (Wildman–Crippen LogP) is 4.81. The summed E-state index contributed by atoms with van der Waals surface area (Å²) in [6, 6.07) is 17.7. The van der Waals surface area contributed by atoms with Gasteiger partial charge < -0.3 is 10.1 Å². The van der Waals surface area contributed by atoms with E-state index < -0.39 is 0 Å². The zero-order valence-electron chi connectivity index (χ0n) is 13.4. The molecular formula is C19H25NO. The maximum absolute atomic E-state index is 5.23. The molecule has 2 atom stereocenters. The molecule has 2 rings (SSSR count). The Labute approximate surface area is 128 Å². The fourth-order valence-electron chi connectivity index (χ4n) is 2.62. The fourth-order valence-corrected chi connectivity index (χ4v) is 2.62. The highest BCUT2D eigenvalue weighted by Gasteiger charge is 2.14. The van der Waals surface area contributed by atoms with Crippen LogP contribution in [-0.4, -0.2) is 7.11 Å². The molecule has 0 fully saturated rings. The summed E-state index contributed by atoms with van der Waals surface area (Å²) in [6.07, 6.45) is 1.06. The molecule has 0 aliphatic rings.